The third-order valence-electron chi connectivity index (χ3n) is 3.16. The fourth-order valence-electron chi connectivity index (χ4n) is 1.96. The number of phenolic OH excluding ortho intramolecular Hbond substituents is 1. The number of carbonyl (C=O) groups is 1. The van der Waals surface area contributed by atoms with Crippen LogP contribution >= 0.6 is 0 Å². The highest BCUT2D eigenvalue weighted by Crippen LogP contribution is 2.29. The molecule has 0 aromatic heterocycles. The molecule has 5 heteroatoms. The van der Waals surface area contributed by atoms with E-state index < -0.39 is 0 Å². The van der Waals surface area contributed by atoms with Gasteiger partial charge in [0.25, 0.3) is 5.91 Å². The average molecular weight is 286 g/mol. The van der Waals surface area contributed by atoms with Crippen molar-refractivity contribution >= 4 is 11.6 Å². The van der Waals surface area contributed by atoms with E-state index in [0.717, 1.165) is 11.3 Å². The summed E-state index contributed by atoms with van der Waals surface area (Å²) in [6, 6.07) is 12.5. The van der Waals surface area contributed by atoms with Crippen LogP contribution in [0.2, 0.25) is 0 Å². The van der Waals surface area contributed by atoms with Crippen LogP contribution in [0.3, 0.4) is 0 Å². The molecule has 0 heterocycles. The molecule has 0 atom stereocenters. The monoisotopic (exact) mass is 286 g/mol. The molecule has 110 valence electrons. The lowest BCUT2D eigenvalue weighted by molar-refractivity contribution is 0.0963. The maximum absolute atomic E-state index is 11.4. The van der Waals surface area contributed by atoms with E-state index >= 15 is 0 Å². The molecule has 0 bridgehead atoms. The average Bonchev–Trinajstić information content (AvgIpc) is 2.53. The number of rotatable bonds is 5. The molecule has 21 heavy (non-hydrogen) atoms. The van der Waals surface area contributed by atoms with E-state index in [4.69, 9.17) is 4.74 Å². The Balaban J connectivity index is 2.05. The van der Waals surface area contributed by atoms with Crippen molar-refractivity contribution in [2.75, 3.05) is 19.5 Å². The van der Waals surface area contributed by atoms with E-state index in [1.165, 1.54) is 7.11 Å². The zero-order valence-corrected chi connectivity index (χ0v) is 12.0. The molecule has 0 spiro atoms. The minimum absolute atomic E-state index is 0.119. The van der Waals surface area contributed by atoms with Gasteiger partial charge in [-0.25, -0.2) is 0 Å². The molecule has 0 aliphatic rings. The van der Waals surface area contributed by atoms with E-state index in [0.29, 0.717) is 17.9 Å². The summed E-state index contributed by atoms with van der Waals surface area (Å²) < 4.78 is 5.07. The Hall–Kier alpha value is -2.69. The Bertz CT molecular complexity index is 624. The summed E-state index contributed by atoms with van der Waals surface area (Å²) in [5.41, 5.74) is 2.21. The topological polar surface area (TPSA) is 70.6 Å². The number of nitrogens with one attached hydrogen (secondary N) is 2. The van der Waals surface area contributed by atoms with Gasteiger partial charge in [-0.2, -0.15) is 0 Å². The number of para-hydroxylation sites is 1. The lowest BCUT2D eigenvalue weighted by Gasteiger charge is -2.11. The zero-order valence-electron chi connectivity index (χ0n) is 12.0. The first-order valence-electron chi connectivity index (χ1n) is 6.56. The summed E-state index contributed by atoms with van der Waals surface area (Å²) in [7, 11) is 3.11. The molecule has 1 amide bonds. The first kappa shape index (κ1) is 14.7. The van der Waals surface area contributed by atoms with Gasteiger partial charge < -0.3 is 20.5 Å². The van der Waals surface area contributed by atoms with Crippen LogP contribution in [0.1, 0.15) is 15.9 Å². The molecule has 0 unspecified atom stereocenters. The van der Waals surface area contributed by atoms with Crippen molar-refractivity contribution in [3.63, 3.8) is 0 Å². The molecule has 0 aliphatic heterocycles. The Morgan fingerprint density at radius 2 is 1.90 bits per heavy atom. The Morgan fingerprint density at radius 3 is 2.52 bits per heavy atom. The Morgan fingerprint density at radius 1 is 1.19 bits per heavy atom. The second-order valence-electron chi connectivity index (χ2n) is 4.48. The molecule has 0 radical (unpaired) electrons. The number of hydrogen-bond donors (Lipinski definition) is 3. The highest BCUT2D eigenvalue weighted by atomic mass is 16.5. The molecule has 0 fully saturated rings. The van der Waals surface area contributed by atoms with Crippen LogP contribution in [-0.4, -0.2) is 25.2 Å². The highest BCUT2D eigenvalue weighted by Gasteiger charge is 2.07. The third kappa shape index (κ3) is 3.45. The Kier molecular flexibility index (Phi) is 4.66. The molecule has 5 nitrogen and oxygen atoms in total. The molecule has 2 aromatic carbocycles. The van der Waals surface area contributed by atoms with Crippen LogP contribution < -0.4 is 15.4 Å². The summed E-state index contributed by atoms with van der Waals surface area (Å²) in [5, 5.41) is 15.8. The fraction of sp³-hybridized carbons (Fsp3) is 0.188. The molecular formula is C16H18N2O3. The second kappa shape index (κ2) is 6.65. The number of ether oxygens (including phenoxy) is 1. The summed E-state index contributed by atoms with van der Waals surface area (Å²) in [5.74, 6) is 0.464. The molecule has 0 saturated carbocycles. The van der Waals surface area contributed by atoms with Crippen molar-refractivity contribution in [1.29, 1.82) is 0 Å². The summed E-state index contributed by atoms with van der Waals surface area (Å²) in [4.78, 5) is 11.4. The molecule has 0 aliphatic carbocycles. The molecule has 2 aromatic rings. The van der Waals surface area contributed by atoms with Crippen LogP contribution in [0, 0.1) is 0 Å². The molecule has 0 saturated heterocycles. The van der Waals surface area contributed by atoms with Gasteiger partial charge in [0.1, 0.15) is 0 Å². The highest BCUT2D eigenvalue weighted by molar-refractivity contribution is 5.94. The lowest BCUT2D eigenvalue weighted by atomic mass is 10.1. The molecule has 3 N–H and O–H groups in total. The minimum atomic E-state index is -0.119. The first-order chi connectivity index (χ1) is 10.2. The predicted molar refractivity (Wildman–Crippen MR) is 81.8 cm³/mol. The number of phenols is 1. The van der Waals surface area contributed by atoms with Gasteiger partial charge in [-0.05, 0) is 30.3 Å². The number of anilines is 1. The number of benzene rings is 2. The van der Waals surface area contributed by atoms with E-state index in [-0.39, 0.29) is 11.7 Å². The predicted octanol–water partition coefficient (Wildman–Crippen LogP) is 2.37. The van der Waals surface area contributed by atoms with Gasteiger partial charge in [-0.15, -0.1) is 0 Å². The number of amides is 1. The van der Waals surface area contributed by atoms with E-state index in [1.54, 1.807) is 25.2 Å². The van der Waals surface area contributed by atoms with Crippen molar-refractivity contribution in [2.24, 2.45) is 0 Å². The maximum atomic E-state index is 11.4. The van der Waals surface area contributed by atoms with Crippen molar-refractivity contribution in [1.82, 2.24) is 5.32 Å². The first-order valence-corrected chi connectivity index (χ1v) is 6.56. The van der Waals surface area contributed by atoms with Gasteiger partial charge in [-0.1, -0.05) is 12.1 Å². The van der Waals surface area contributed by atoms with Crippen LogP contribution in [0.4, 0.5) is 5.69 Å². The normalized spacial score (nSPS) is 10.0. The minimum Gasteiger partial charge on any atom is -0.504 e. The fourth-order valence-corrected chi connectivity index (χ4v) is 1.96. The third-order valence-corrected chi connectivity index (χ3v) is 3.16. The van der Waals surface area contributed by atoms with Gasteiger partial charge in [0, 0.05) is 30.4 Å². The van der Waals surface area contributed by atoms with Crippen molar-refractivity contribution in [3.8, 4) is 11.5 Å². The number of methoxy groups -OCH3 is 1. The number of carbonyl (C=O) groups excluding carboxylic acids is 1. The van der Waals surface area contributed by atoms with Crippen LogP contribution in [-0.2, 0) is 6.54 Å². The molecule has 2 rings (SSSR count). The van der Waals surface area contributed by atoms with Crippen molar-refractivity contribution in [3.05, 3.63) is 53.6 Å². The van der Waals surface area contributed by atoms with Crippen molar-refractivity contribution < 1.29 is 14.6 Å². The largest absolute Gasteiger partial charge is 0.504 e. The zero-order chi connectivity index (χ0) is 15.2. The smallest absolute Gasteiger partial charge is 0.251 e. The van der Waals surface area contributed by atoms with E-state index in [9.17, 15) is 9.90 Å². The summed E-state index contributed by atoms with van der Waals surface area (Å²) in [6.07, 6.45) is 0. The lowest BCUT2D eigenvalue weighted by Crippen LogP contribution is -2.17. The molecular weight excluding hydrogens is 268 g/mol. The summed E-state index contributed by atoms with van der Waals surface area (Å²) in [6.45, 7) is 0.461. The van der Waals surface area contributed by atoms with Gasteiger partial charge >= 0.3 is 0 Å². The number of aromatic hydroxyl groups is 1. The maximum Gasteiger partial charge on any atom is 0.251 e. The van der Waals surface area contributed by atoms with Crippen molar-refractivity contribution in [2.45, 2.75) is 6.54 Å². The standard InChI is InChI=1S/C16H18N2O3/c1-17-16(20)11-6-8-13(9-7-11)18-10-12-4-3-5-14(21-2)15(12)19/h3-9,18-19H,10H2,1-2H3,(H,17,20). The Labute approximate surface area is 123 Å². The SMILES string of the molecule is CNC(=O)c1ccc(NCc2cccc(OC)c2O)cc1. The van der Waals surface area contributed by atoms with E-state index in [1.807, 2.05) is 24.3 Å². The van der Waals surface area contributed by atoms with Crippen LogP contribution in [0.5, 0.6) is 11.5 Å². The number of hydrogen-bond acceptors (Lipinski definition) is 4. The quantitative estimate of drug-likeness (QED) is 0.789. The van der Waals surface area contributed by atoms with Gasteiger partial charge in [0.05, 0.1) is 7.11 Å². The van der Waals surface area contributed by atoms with Gasteiger partial charge in [0.15, 0.2) is 11.5 Å². The van der Waals surface area contributed by atoms with Gasteiger partial charge in [-0.3, -0.25) is 4.79 Å². The summed E-state index contributed by atoms with van der Waals surface area (Å²) >= 11 is 0. The second-order valence-corrected chi connectivity index (χ2v) is 4.48. The van der Waals surface area contributed by atoms with Crippen LogP contribution in [0.15, 0.2) is 42.5 Å². The van der Waals surface area contributed by atoms with E-state index in [2.05, 4.69) is 10.6 Å². The van der Waals surface area contributed by atoms with Crippen LogP contribution in [0.25, 0.3) is 0 Å². The van der Waals surface area contributed by atoms with Gasteiger partial charge in [0.2, 0.25) is 0 Å².